The Morgan fingerprint density at radius 2 is 2.12 bits per heavy atom. The van der Waals surface area contributed by atoms with Crippen LogP contribution < -0.4 is 4.74 Å². The van der Waals surface area contributed by atoms with Gasteiger partial charge in [-0.15, -0.1) is 0 Å². The molecule has 0 heterocycles. The largest absolute Gasteiger partial charge is 0.496 e. The third-order valence-corrected chi connectivity index (χ3v) is 2.30. The highest BCUT2D eigenvalue weighted by atomic mass is 16.5. The van der Waals surface area contributed by atoms with E-state index in [4.69, 9.17) is 14.7 Å². The lowest BCUT2D eigenvalue weighted by Crippen LogP contribution is -2.08. The zero-order valence-electron chi connectivity index (χ0n) is 9.53. The first-order valence-corrected chi connectivity index (χ1v) is 4.87. The minimum atomic E-state index is -0.446. The second kappa shape index (κ2) is 5.17. The molecule has 0 unspecified atom stereocenters. The van der Waals surface area contributed by atoms with Crippen molar-refractivity contribution in [2.24, 2.45) is 0 Å². The van der Waals surface area contributed by atoms with E-state index in [2.05, 4.69) is 0 Å². The van der Waals surface area contributed by atoms with Gasteiger partial charge in [0.1, 0.15) is 11.3 Å². The van der Waals surface area contributed by atoms with E-state index in [0.717, 1.165) is 5.56 Å². The molecule has 4 nitrogen and oxygen atoms in total. The van der Waals surface area contributed by atoms with Crippen LogP contribution in [0, 0.1) is 11.3 Å². The second-order valence-electron chi connectivity index (χ2n) is 3.17. The zero-order valence-corrected chi connectivity index (χ0v) is 9.53. The van der Waals surface area contributed by atoms with Gasteiger partial charge in [0.2, 0.25) is 0 Å². The molecule has 0 saturated carbocycles. The summed E-state index contributed by atoms with van der Waals surface area (Å²) >= 11 is 0. The van der Waals surface area contributed by atoms with Gasteiger partial charge in [0, 0.05) is 0 Å². The average Bonchev–Trinajstić information content (AvgIpc) is 2.35. The summed E-state index contributed by atoms with van der Waals surface area (Å²) in [4.78, 5) is 11.6. The molecule has 1 aromatic rings. The van der Waals surface area contributed by atoms with Crippen molar-refractivity contribution in [2.45, 2.75) is 13.3 Å². The van der Waals surface area contributed by atoms with E-state index >= 15 is 0 Å². The van der Waals surface area contributed by atoms with Gasteiger partial charge in [0.25, 0.3) is 0 Å². The number of hydrogen-bond acceptors (Lipinski definition) is 4. The number of rotatable bonds is 3. The van der Waals surface area contributed by atoms with E-state index in [0.29, 0.717) is 23.3 Å². The fourth-order valence-corrected chi connectivity index (χ4v) is 1.51. The first kappa shape index (κ1) is 12.1. The Morgan fingerprint density at radius 3 is 2.56 bits per heavy atom. The summed E-state index contributed by atoms with van der Waals surface area (Å²) in [6.07, 6.45) is 0.635. The highest BCUT2D eigenvalue weighted by molar-refractivity contribution is 5.94. The molecule has 0 atom stereocenters. The van der Waals surface area contributed by atoms with E-state index in [1.54, 1.807) is 6.07 Å². The van der Waals surface area contributed by atoms with Crippen molar-refractivity contribution < 1.29 is 14.3 Å². The standard InChI is InChI=1S/C12H13NO3/c1-4-9-5-8(7-13)6-10(15-2)11(9)12(14)16-3/h5-6H,4H2,1-3H3. The van der Waals surface area contributed by atoms with Gasteiger partial charge < -0.3 is 9.47 Å². The van der Waals surface area contributed by atoms with Crippen LogP contribution in [0.5, 0.6) is 5.75 Å². The van der Waals surface area contributed by atoms with Crippen LogP contribution in [0.3, 0.4) is 0 Å². The van der Waals surface area contributed by atoms with Crippen molar-refractivity contribution in [1.82, 2.24) is 0 Å². The normalized spacial score (nSPS) is 9.38. The van der Waals surface area contributed by atoms with Gasteiger partial charge in [0.15, 0.2) is 0 Å². The number of carbonyl (C=O) groups is 1. The first-order valence-electron chi connectivity index (χ1n) is 4.87. The minimum absolute atomic E-state index is 0.378. The smallest absolute Gasteiger partial charge is 0.341 e. The van der Waals surface area contributed by atoms with Gasteiger partial charge in [-0.05, 0) is 24.1 Å². The van der Waals surface area contributed by atoms with Crippen molar-refractivity contribution >= 4 is 5.97 Å². The summed E-state index contributed by atoms with van der Waals surface area (Å²) in [6.45, 7) is 1.91. The van der Waals surface area contributed by atoms with Crippen molar-refractivity contribution in [3.63, 3.8) is 0 Å². The van der Waals surface area contributed by atoms with Crippen LogP contribution in [0.1, 0.15) is 28.4 Å². The molecular weight excluding hydrogens is 206 g/mol. The minimum Gasteiger partial charge on any atom is -0.496 e. The summed E-state index contributed by atoms with van der Waals surface area (Å²) in [5.41, 5.74) is 1.62. The molecule has 0 aromatic heterocycles. The number of nitrogens with zero attached hydrogens (tertiary/aromatic N) is 1. The van der Waals surface area contributed by atoms with E-state index in [1.165, 1.54) is 20.3 Å². The lowest BCUT2D eigenvalue weighted by Gasteiger charge is -2.11. The Morgan fingerprint density at radius 1 is 1.44 bits per heavy atom. The van der Waals surface area contributed by atoms with Crippen LogP contribution in [0.15, 0.2) is 12.1 Å². The van der Waals surface area contributed by atoms with Crippen LogP contribution in [0.25, 0.3) is 0 Å². The molecule has 0 N–H and O–H groups in total. The third kappa shape index (κ3) is 2.14. The first-order chi connectivity index (χ1) is 7.67. The van der Waals surface area contributed by atoms with Crippen molar-refractivity contribution in [3.05, 3.63) is 28.8 Å². The quantitative estimate of drug-likeness (QED) is 0.728. The maximum absolute atomic E-state index is 11.6. The average molecular weight is 219 g/mol. The molecule has 0 radical (unpaired) electrons. The summed E-state index contributed by atoms with van der Waals surface area (Å²) in [5.74, 6) is -0.0686. The van der Waals surface area contributed by atoms with Crippen LogP contribution >= 0.6 is 0 Å². The number of nitriles is 1. The fraction of sp³-hybridized carbons (Fsp3) is 0.333. The molecule has 0 saturated heterocycles. The van der Waals surface area contributed by atoms with Crippen LogP contribution in [-0.4, -0.2) is 20.2 Å². The maximum Gasteiger partial charge on any atom is 0.341 e. The number of carbonyl (C=O) groups excluding carboxylic acids is 1. The highest BCUT2D eigenvalue weighted by Crippen LogP contribution is 2.25. The number of aryl methyl sites for hydroxylation is 1. The van der Waals surface area contributed by atoms with E-state index < -0.39 is 5.97 Å². The third-order valence-electron chi connectivity index (χ3n) is 2.30. The molecule has 0 aliphatic carbocycles. The second-order valence-corrected chi connectivity index (χ2v) is 3.17. The van der Waals surface area contributed by atoms with Gasteiger partial charge in [-0.1, -0.05) is 6.92 Å². The number of benzene rings is 1. The van der Waals surface area contributed by atoms with E-state index in [-0.39, 0.29) is 0 Å². The predicted molar refractivity (Wildman–Crippen MR) is 58.4 cm³/mol. The number of esters is 1. The molecule has 0 aliphatic rings. The molecule has 4 heteroatoms. The lowest BCUT2D eigenvalue weighted by molar-refractivity contribution is 0.0596. The summed E-state index contributed by atoms with van der Waals surface area (Å²) in [5, 5.41) is 8.84. The van der Waals surface area contributed by atoms with Gasteiger partial charge in [0.05, 0.1) is 25.9 Å². The Bertz CT molecular complexity index is 421. The molecule has 0 bridgehead atoms. The summed E-state index contributed by atoms with van der Waals surface area (Å²) in [6, 6.07) is 5.24. The SMILES string of the molecule is CCc1cc(C#N)cc(OC)c1C(=O)OC. The van der Waals surface area contributed by atoms with Crippen molar-refractivity contribution in [2.75, 3.05) is 14.2 Å². The Kier molecular flexibility index (Phi) is 3.90. The van der Waals surface area contributed by atoms with E-state index in [1.807, 2.05) is 13.0 Å². The monoisotopic (exact) mass is 219 g/mol. The molecule has 1 aromatic carbocycles. The topological polar surface area (TPSA) is 59.3 Å². The highest BCUT2D eigenvalue weighted by Gasteiger charge is 2.18. The molecule has 0 fully saturated rings. The molecule has 0 amide bonds. The van der Waals surface area contributed by atoms with Gasteiger partial charge in [-0.3, -0.25) is 0 Å². The Hall–Kier alpha value is -2.02. The van der Waals surface area contributed by atoms with Gasteiger partial charge in [-0.2, -0.15) is 5.26 Å². The summed E-state index contributed by atoms with van der Waals surface area (Å²) in [7, 11) is 2.78. The van der Waals surface area contributed by atoms with Crippen LogP contribution in [0.2, 0.25) is 0 Å². The Balaban J connectivity index is 3.44. The van der Waals surface area contributed by atoms with Crippen LogP contribution in [-0.2, 0) is 11.2 Å². The molecule has 0 spiro atoms. The van der Waals surface area contributed by atoms with Crippen molar-refractivity contribution in [1.29, 1.82) is 5.26 Å². The van der Waals surface area contributed by atoms with Gasteiger partial charge in [-0.25, -0.2) is 4.79 Å². The number of hydrogen-bond donors (Lipinski definition) is 0. The molecular formula is C12H13NO3. The number of ether oxygens (including phenoxy) is 2. The molecule has 1 rings (SSSR count). The molecule has 16 heavy (non-hydrogen) atoms. The van der Waals surface area contributed by atoms with E-state index in [9.17, 15) is 4.79 Å². The lowest BCUT2D eigenvalue weighted by atomic mass is 10.0. The van der Waals surface area contributed by atoms with Crippen molar-refractivity contribution in [3.8, 4) is 11.8 Å². The van der Waals surface area contributed by atoms with Crippen LogP contribution in [0.4, 0.5) is 0 Å². The molecule has 84 valence electrons. The fourth-order valence-electron chi connectivity index (χ4n) is 1.51. The Labute approximate surface area is 94.4 Å². The summed E-state index contributed by atoms with van der Waals surface area (Å²) < 4.78 is 9.79. The molecule has 0 aliphatic heterocycles. The number of methoxy groups -OCH3 is 2. The predicted octanol–water partition coefficient (Wildman–Crippen LogP) is 1.92. The van der Waals surface area contributed by atoms with Gasteiger partial charge >= 0.3 is 5.97 Å². The maximum atomic E-state index is 11.6. The zero-order chi connectivity index (χ0) is 12.1.